The molecule has 0 N–H and O–H groups in total. The summed E-state index contributed by atoms with van der Waals surface area (Å²) in [4.78, 5) is 10.8. The van der Waals surface area contributed by atoms with Crippen LogP contribution >= 0.6 is 0 Å². The van der Waals surface area contributed by atoms with Crippen LogP contribution in [0.25, 0.3) is 66.9 Å². The molecular formula is C53H38N2Si. The van der Waals surface area contributed by atoms with E-state index in [0.29, 0.717) is 0 Å². The van der Waals surface area contributed by atoms with Gasteiger partial charge in [0.05, 0.1) is 16.6 Å². The standard InChI is InChI=1S/C53H38N2Si/c1-56(2)48-30-14-11-27-43(48)44-31-32-47-49(51(44)56)50(35-17-5-3-6-18-35)55-52(54-47)38-21-15-19-36(33-38)37-20-16-24-40(34-37)53(39-22-7-4-8-23-39)45-28-12-9-25-41(45)42-26-10-13-29-46(42)53/h3-34H,1-2H3. The van der Waals surface area contributed by atoms with E-state index in [-0.39, 0.29) is 0 Å². The molecule has 264 valence electrons. The lowest BCUT2D eigenvalue weighted by atomic mass is 9.67. The summed E-state index contributed by atoms with van der Waals surface area (Å²) in [6.07, 6.45) is 0. The Bertz CT molecular complexity index is 2960. The molecule has 0 saturated heterocycles. The third kappa shape index (κ3) is 4.68. The molecule has 0 spiro atoms. The molecule has 0 atom stereocenters. The van der Waals surface area contributed by atoms with Crippen LogP contribution in [0.5, 0.6) is 0 Å². The third-order valence-electron chi connectivity index (χ3n) is 12.3. The molecule has 0 amide bonds. The maximum atomic E-state index is 5.47. The maximum absolute atomic E-state index is 5.47. The van der Waals surface area contributed by atoms with Gasteiger partial charge in [-0.2, -0.15) is 0 Å². The zero-order chi connectivity index (χ0) is 37.4. The largest absolute Gasteiger partial charge is 0.228 e. The Morgan fingerprint density at radius 3 is 1.70 bits per heavy atom. The van der Waals surface area contributed by atoms with E-state index >= 15 is 0 Å². The molecular weight excluding hydrogens is 693 g/mol. The van der Waals surface area contributed by atoms with Gasteiger partial charge in [0.25, 0.3) is 0 Å². The molecule has 1 aromatic heterocycles. The molecule has 0 unspecified atom stereocenters. The minimum absolute atomic E-state index is 0.453. The Labute approximate surface area is 328 Å². The molecule has 2 heterocycles. The number of nitrogens with zero attached hydrogens (tertiary/aromatic N) is 2. The van der Waals surface area contributed by atoms with Crippen LogP contribution in [0.15, 0.2) is 194 Å². The highest BCUT2D eigenvalue weighted by atomic mass is 28.3. The van der Waals surface area contributed by atoms with E-state index in [1.54, 1.807) is 0 Å². The van der Waals surface area contributed by atoms with Gasteiger partial charge in [0.1, 0.15) is 8.07 Å². The maximum Gasteiger partial charge on any atom is 0.160 e. The second-order valence-electron chi connectivity index (χ2n) is 15.7. The first kappa shape index (κ1) is 32.7. The lowest BCUT2D eigenvalue weighted by Crippen LogP contribution is -2.49. The molecule has 0 fully saturated rings. The Hall–Kier alpha value is -6.68. The molecule has 3 heteroatoms. The molecule has 0 bridgehead atoms. The summed E-state index contributed by atoms with van der Waals surface area (Å²) in [5.41, 5.74) is 16.4. The molecule has 11 rings (SSSR count). The molecule has 1 aliphatic heterocycles. The average molecular weight is 731 g/mol. The van der Waals surface area contributed by atoms with Crippen molar-refractivity contribution in [1.29, 1.82) is 0 Å². The van der Waals surface area contributed by atoms with Crippen LogP contribution in [-0.4, -0.2) is 18.0 Å². The van der Waals surface area contributed by atoms with E-state index in [9.17, 15) is 0 Å². The normalized spacial score (nSPS) is 14.2. The fourth-order valence-corrected chi connectivity index (χ4v) is 13.3. The van der Waals surface area contributed by atoms with Crippen molar-refractivity contribution < 1.29 is 0 Å². The van der Waals surface area contributed by atoms with Crippen molar-refractivity contribution in [2.75, 3.05) is 0 Å². The predicted octanol–water partition coefficient (Wildman–Crippen LogP) is 11.8. The number of rotatable bonds is 5. The number of hydrogen-bond acceptors (Lipinski definition) is 2. The molecule has 0 radical (unpaired) electrons. The fourth-order valence-electron chi connectivity index (χ4n) is 9.91. The van der Waals surface area contributed by atoms with E-state index in [1.165, 1.54) is 60.3 Å². The highest BCUT2D eigenvalue weighted by Gasteiger charge is 2.46. The van der Waals surface area contributed by atoms with Crippen molar-refractivity contribution in [2.24, 2.45) is 0 Å². The Morgan fingerprint density at radius 2 is 0.964 bits per heavy atom. The first-order valence-electron chi connectivity index (χ1n) is 19.5. The summed E-state index contributed by atoms with van der Waals surface area (Å²) in [6, 6.07) is 70.9. The van der Waals surface area contributed by atoms with Gasteiger partial charge in [-0.05, 0) is 84.2 Å². The van der Waals surface area contributed by atoms with Gasteiger partial charge in [-0.15, -0.1) is 0 Å². The van der Waals surface area contributed by atoms with E-state index < -0.39 is 13.5 Å². The zero-order valence-corrected chi connectivity index (χ0v) is 32.4. The molecule has 8 aromatic carbocycles. The molecule has 2 aliphatic rings. The van der Waals surface area contributed by atoms with E-state index in [4.69, 9.17) is 9.97 Å². The van der Waals surface area contributed by atoms with Crippen molar-refractivity contribution in [3.63, 3.8) is 0 Å². The lowest BCUT2D eigenvalue weighted by Gasteiger charge is -2.34. The van der Waals surface area contributed by atoms with E-state index in [2.05, 4.69) is 207 Å². The van der Waals surface area contributed by atoms with Gasteiger partial charge in [-0.1, -0.05) is 189 Å². The van der Waals surface area contributed by atoms with Gasteiger partial charge in [-0.3, -0.25) is 0 Å². The van der Waals surface area contributed by atoms with Gasteiger partial charge in [-0.25, -0.2) is 9.97 Å². The molecule has 2 nitrogen and oxygen atoms in total. The summed E-state index contributed by atoms with van der Waals surface area (Å²) >= 11 is 0. The van der Waals surface area contributed by atoms with Crippen molar-refractivity contribution >= 4 is 29.4 Å². The van der Waals surface area contributed by atoms with Crippen molar-refractivity contribution in [1.82, 2.24) is 9.97 Å². The lowest BCUT2D eigenvalue weighted by molar-refractivity contribution is 0.769. The molecule has 9 aromatic rings. The summed E-state index contributed by atoms with van der Waals surface area (Å²) in [5.74, 6) is 0.740. The monoisotopic (exact) mass is 730 g/mol. The van der Waals surface area contributed by atoms with Gasteiger partial charge < -0.3 is 0 Å². The average Bonchev–Trinajstić information content (AvgIpc) is 3.70. The smallest absolute Gasteiger partial charge is 0.160 e. The summed E-state index contributed by atoms with van der Waals surface area (Å²) < 4.78 is 0. The van der Waals surface area contributed by atoms with Gasteiger partial charge in [0.15, 0.2) is 5.82 Å². The number of fused-ring (bicyclic) bond motifs is 8. The highest BCUT2D eigenvalue weighted by Crippen LogP contribution is 2.56. The van der Waals surface area contributed by atoms with Crippen molar-refractivity contribution in [2.45, 2.75) is 18.5 Å². The van der Waals surface area contributed by atoms with E-state index in [0.717, 1.165) is 39.3 Å². The van der Waals surface area contributed by atoms with Crippen LogP contribution < -0.4 is 10.4 Å². The molecule has 1 aliphatic carbocycles. The first-order chi connectivity index (χ1) is 27.5. The van der Waals surface area contributed by atoms with Crippen LogP contribution in [0, 0.1) is 0 Å². The Kier molecular flexibility index (Phi) is 7.26. The first-order valence-corrected chi connectivity index (χ1v) is 22.5. The Morgan fingerprint density at radius 1 is 0.411 bits per heavy atom. The minimum Gasteiger partial charge on any atom is -0.228 e. The summed E-state index contributed by atoms with van der Waals surface area (Å²) in [6.45, 7) is 4.95. The quantitative estimate of drug-likeness (QED) is 0.165. The van der Waals surface area contributed by atoms with Gasteiger partial charge >= 0.3 is 0 Å². The fraction of sp³-hybridized carbons (Fsp3) is 0.0566. The van der Waals surface area contributed by atoms with E-state index in [1.807, 2.05) is 0 Å². The van der Waals surface area contributed by atoms with Crippen molar-refractivity contribution in [3.8, 4) is 56.0 Å². The summed E-state index contributed by atoms with van der Waals surface area (Å²) in [7, 11) is -2.03. The van der Waals surface area contributed by atoms with Crippen LogP contribution in [0.3, 0.4) is 0 Å². The van der Waals surface area contributed by atoms with Crippen LogP contribution in [-0.2, 0) is 5.41 Å². The second-order valence-corrected chi connectivity index (χ2v) is 20.0. The molecule has 56 heavy (non-hydrogen) atoms. The topological polar surface area (TPSA) is 25.8 Å². The van der Waals surface area contributed by atoms with Gasteiger partial charge in [0, 0.05) is 16.5 Å². The summed E-state index contributed by atoms with van der Waals surface area (Å²) in [5, 5.41) is 4.12. The number of benzene rings is 8. The number of hydrogen-bond donors (Lipinski definition) is 0. The minimum atomic E-state index is -2.03. The van der Waals surface area contributed by atoms with Gasteiger partial charge in [0.2, 0.25) is 0 Å². The SMILES string of the molecule is C[Si]1(C)c2ccccc2-c2ccc3nc(-c4cccc(-c5cccc(C6(c7ccccc7)c7ccccc7-c7ccccc76)c5)c4)nc(-c4ccccc4)c3c21. The van der Waals surface area contributed by atoms with Crippen LogP contribution in [0.4, 0.5) is 0 Å². The zero-order valence-electron chi connectivity index (χ0n) is 31.4. The predicted molar refractivity (Wildman–Crippen MR) is 235 cm³/mol. The molecule has 0 saturated carbocycles. The van der Waals surface area contributed by atoms with Crippen molar-refractivity contribution in [3.05, 3.63) is 216 Å². The van der Waals surface area contributed by atoms with Crippen LogP contribution in [0.2, 0.25) is 13.1 Å². The highest BCUT2D eigenvalue weighted by molar-refractivity contribution is 7.05. The second kappa shape index (κ2) is 12.4. The van der Waals surface area contributed by atoms with Crippen LogP contribution in [0.1, 0.15) is 22.3 Å². The third-order valence-corrected chi connectivity index (χ3v) is 15.9. The number of aromatic nitrogens is 2. The Balaban J connectivity index is 1.09.